The van der Waals surface area contributed by atoms with Gasteiger partial charge in [-0.15, -0.1) is 33.4 Å². The Labute approximate surface area is 161 Å². The smallest absolute Gasteiger partial charge is 0.209 e. The summed E-state index contributed by atoms with van der Waals surface area (Å²) in [5.74, 6) is 0.742. The highest BCUT2D eigenvalue weighted by atomic mass is 79.9. The number of aromatic nitrogens is 1. The number of benzene rings is 2. The van der Waals surface area contributed by atoms with Crippen molar-refractivity contribution in [3.63, 3.8) is 0 Å². The highest BCUT2D eigenvalue weighted by molar-refractivity contribution is 8.93. The van der Waals surface area contributed by atoms with Crippen LogP contribution in [-0.2, 0) is 0 Å². The van der Waals surface area contributed by atoms with Gasteiger partial charge in [-0.1, -0.05) is 36.4 Å². The first-order chi connectivity index (χ1) is 11.7. The molecule has 1 aromatic heterocycles. The van der Waals surface area contributed by atoms with E-state index < -0.39 is 0 Å². The Hall–Kier alpha value is -2.22. The minimum absolute atomic E-state index is 0. The van der Waals surface area contributed by atoms with Crippen molar-refractivity contribution in [3.05, 3.63) is 76.2 Å². The molecule has 3 aromatic rings. The third kappa shape index (κ3) is 3.44. The fourth-order valence-electron chi connectivity index (χ4n) is 2.39. The van der Waals surface area contributed by atoms with Crippen LogP contribution in [0.2, 0.25) is 0 Å². The molecule has 0 spiro atoms. The number of thiazole rings is 1. The summed E-state index contributed by atoms with van der Waals surface area (Å²) < 4.78 is 0. The molecule has 0 fully saturated rings. The summed E-state index contributed by atoms with van der Waals surface area (Å²) >= 11 is 1.64. The van der Waals surface area contributed by atoms with Gasteiger partial charge in [0.15, 0.2) is 5.01 Å². The lowest BCUT2D eigenvalue weighted by Gasteiger charge is -2.18. The summed E-state index contributed by atoms with van der Waals surface area (Å²) in [5, 5.41) is 9.05. The van der Waals surface area contributed by atoms with Crippen molar-refractivity contribution in [1.82, 2.24) is 10.5 Å². The second kappa shape index (κ2) is 7.35. The molecular weight excluding hydrogens is 398 g/mol. The van der Waals surface area contributed by atoms with Crippen molar-refractivity contribution in [1.29, 1.82) is 0 Å². The predicted octanol–water partition coefficient (Wildman–Crippen LogP) is 4.46. The van der Waals surface area contributed by atoms with E-state index in [1.165, 1.54) is 4.88 Å². The van der Waals surface area contributed by atoms with Crippen molar-refractivity contribution in [2.75, 3.05) is 10.1 Å². The molecule has 0 unspecified atom stereocenters. The van der Waals surface area contributed by atoms with E-state index >= 15 is 0 Å². The molecule has 0 N–H and O–H groups in total. The standard InChI is InChI=1S/C18H16N5S.BrH/c1-13-14(2)24-18(19-13)17-20-23(16-11-7-4-8-12-16)21-22(17)15-9-5-3-6-10-15;/h3-12H,1-2H3;1H. The largest absolute Gasteiger partial charge is 0.238 e. The Morgan fingerprint density at radius 3 is 2.00 bits per heavy atom. The maximum atomic E-state index is 4.70. The van der Waals surface area contributed by atoms with E-state index in [0.29, 0.717) is 0 Å². The highest BCUT2D eigenvalue weighted by Crippen LogP contribution is 2.27. The van der Waals surface area contributed by atoms with E-state index in [9.17, 15) is 0 Å². The van der Waals surface area contributed by atoms with Gasteiger partial charge in [0.05, 0.1) is 17.1 Å². The van der Waals surface area contributed by atoms with Gasteiger partial charge in [0.2, 0.25) is 5.84 Å². The Bertz CT molecular complexity index is 859. The SMILES string of the molecule is Br.Cc1nc(C2=NN(c3ccccc3)[N]N2c2ccccc2)sc1C. The molecule has 0 saturated carbocycles. The molecule has 127 valence electrons. The van der Waals surface area contributed by atoms with Crippen LogP contribution >= 0.6 is 28.3 Å². The normalized spacial score (nSPS) is 13.6. The Morgan fingerprint density at radius 1 is 0.840 bits per heavy atom. The molecule has 2 heterocycles. The molecule has 0 bridgehead atoms. The highest BCUT2D eigenvalue weighted by Gasteiger charge is 2.30. The number of nitrogens with zero attached hydrogens (tertiary/aromatic N) is 5. The van der Waals surface area contributed by atoms with Gasteiger partial charge in [0, 0.05) is 10.4 Å². The molecule has 5 nitrogen and oxygen atoms in total. The van der Waals surface area contributed by atoms with Gasteiger partial charge in [-0.2, -0.15) is 5.12 Å². The number of hydrazone groups is 1. The molecule has 25 heavy (non-hydrogen) atoms. The van der Waals surface area contributed by atoms with Crippen molar-refractivity contribution in [3.8, 4) is 0 Å². The van der Waals surface area contributed by atoms with Crippen LogP contribution in [0.5, 0.6) is 0 Å². The Balaban J connectivity index is 0.00000182. The van der Waals surface area contributed by atoms with Crippen LogP contribution in [0.3, 0.4) is 0 Å². The number of halogens is 1. The van der Waals surface area contributed by atoms with E-state index in [1.54, 1.807) is 16.5 Å². The van der Waals surface area contributed by atoms with E-state index in [-0.39, 0.29) is 17.0 Å². The zero-order chi connectivity index (χ0) is 16.5. The van der Waals surface area contributed by atoms with Crippen LogP contribution in [0.15, 0.2) is 65.8 Å². The maximum Gasteiger partial charge on any atom is 0.209 e. The Kier molecular flexibility index (Phi) is 5.17. The van der Waals surface area contributed by atoms with Gasteiger partial charge < -0.3 is 0 Å². The first kappa shape index (κ1) is 17.6. The predicted molar refractivity (Wildman–Crippen MR) is 108 cm³/mol. The molecular formula is C18H17BrN5S. The van der Waals surface area contributed by atoms with Crippen molar-refractivity contribution < 1.29 is 0 Å². The van der Waals surface area contributed by atoms with Gasteiger partial charge in [-0.3, -0.25) is 0 Å². The average molecular weight is 415 g/mol. The van der Waals surface area contributed by atoms with Crippen LogP contribution in [0, 0.1) is 13.8 Å². The van der Waals surface area contributed by atoms with Crippen LogP contribution in [0.4, 0.5) is 11.4 Å². The average Bonchev–Trinajstić information content (AvgIpc) is 3.21. The minimum atomic E-state index is 0. The molecule has 7 heteroatoms. The lowest BCUT2D eigenvalue weighted by atomic mass is 10.3. The first-order valence-electron chi connectivity index (χ1n) is 7.67. The van der Waals surface area contributed by atoms with E-state index in [4.69, 9.17) is 5.10 Å². The second-order valence-electron chi connectivity index (χ2n) is 5.45. The number of rotatable bonds is 3. The molecule has 1 aliphatic heterocycles. The van der Waals surface area contributed by atoms with Gasteiger partial charge in [-0.05, 0) is 38.1 Å². The fraction of sp³-hybridized carbons (Fsp3) is 0.111. The molecule has 4 rings (SSSR count). The lowest BCUT2D eigenvalue weighted by molar-refractivity contribution is 0.702. The summed E-state index contributed by atoms with van der Waals surface area (Å²) in [6.07, 6.45) is 0. The van der Waals surface area contributed by atoms with Crippen LogP contribution in [0.1, 0.15) is 15.6 Å². The summed E-state index contributed by atoms with van der Waals surface area (Å²) in [5.41, 5.74) is 7.56. The van der Waals surface area contributed by atoms with Crippen molar-refractivity contribution in [2.24, 2.45) is 5.10 Å². The molecule has 0 atom stereocenters. The summed E-state index contributed by atoms with van der Waals surface area (Å²) in [7, 11) is 0. The number of hydrogen-bond donors (Lipinski definition) is 0. The monoisotopic (exact) mass is 414 g/mol. The first-order valence-corrected chi connectivity index (χ1v) is 8.49. The number of anilines is 2. The van der Waals surface area contributed by atoms with E-state index in [2.05, 4.69) is 17.4 Å². The maximum absolute atomic E-state index is 4.70. The quantitative estimate of drug-likeness (QED) is 0.635. The minimum Gasteiger partial charge on any atom is -0.238 e. The topological polar surface area (TPSA) is 45.8 Å². The number of para-hydroxylation sites is 2. The van der Waals surface area contributed by atoms with Crippen molar-refractivity contribution in [2.45, 2.75) is 13.8 Å². The van der Waals surface area contributed by atoms with Crippen LogP contribution < -0.4 is 15.7 Å². The van der Waals surface area contributed by atoms with Gasteiger partial charge in [-0.25, -0.2) is 9.99 Å². The van der Waals surface area contributed by atoms with Crippen LogP contribution in [0.25, 0.3) is 0 Å². The zero-order valence-electron chi connectivity index (χ0n) is 13.8. The van der Waals surface area contributed by atoms with Gasteiger partial charge in [0.25, 0.3) is 0 Å². The number of amidine groups is 1. The number of aryl methyl sites for hydroxylation is 2. The molecule has 1 aliphatic rings. The molecule has 0 amide bonds. The second-order valence-corrected chi connectivity index (χ2v) is 6.65. The van der Waals surface area contributed by atoms with Crippen molar-refractivity contribution >= 4 is 45.5 Å². The summed E-state index contributed by atoms with van der Waals surface area (Å²) in [6, 6.07) is 19.9. The van der Waals surface area contributed by atoms with E-state index in [0.717, 1.165) is 27.9 Å². The molecule has 2 aromatic carbocycles. The third-order valence-electron chi connectivity index (χ3n) is 3.77. The van der Waals surface area contributed by atoms with Gasteiger partial charge in [0.1, 0.15) is 0 Å². The Morgan fingerprint density at radius 2 is 1.44 bits per heavy atom. The fourth-order valence-corrected chi connectivity index (χ4v) is 3.28. The molecule has 0 aliphatic carbocycles. The molecule has 0 saturated heterocycles. The van der Waals surface area contributed by atoms with Gasteiger partial charge >= 0.3 is 0 Å². The number of hydrogen-bond acceptors (Lipinski definition) is 5. The lowest BCUT2D eigenvalue weighted by Crippen LogP contribution is -2.37. The van der Waals surface area contributed by atoms with E-state index in [1.807, 2.05) is 72.6 Å². The third-order valence-corrected chi connectivity index (χ3v) is 4.84. The summed E-state index contributed by atoms with van der Waals surface area (Å²) in [4.78, 5) is 5.85. The molecule has 1 radical (unpaired) electrons. The van der Waals surface area contributed by atoms with Crippen LogP contribution in [-0.4, -0.2) is 10.8 Å². The zero-order valence-corrected chi connectivity index (χ0v) is 16.4. The summed E-state index contributed by atoms with van der Waals surface area (Å²) in [6.45, 7) is 4.09.